The molecule has 0 saturated heterocycles. The lowest BCUT2D eigenvalue weighted by Crippen LogP contribution is -2.25. The first-order chi connectivity index (χ1) is 12.7. The predicted molar refractivity (Wildman–Crippen MR) is 102 cm³/mol. The SMILES string of the molecule is Cc1cc(C(=O)NCc2ccccc2)nc(N2CCc3ccccc32)n1. The predicted octanol–water partition coefficient (Wildman–Crippen LogP) is 3.41. The first kappa shape index (κ1) is 16.3. The van der Waals surface area contributed by atoms with Gasteiger partial charge in [0, 0.05) is 24.5 Å². The molecule has 26 heavy (non-hydrogen) atoms. The van der Waals surface area contributed by atoms with E-state index in [9.17, 15) is 4.79 Å². The Kier molecular flexibility index (Phi) is 4.35. The van der Waals surface area contributed by atoms with Crippen molar-refractivity contribution < 1.29 is 4.79 Å². The molecule has 5 nitrogen and oxygen atoms in total. The van der Waals surface area contributed by atoms with Crippen molar-refractivity contribution in [1.82, 2.24) is 15.3 Å². The average molecular weight is 344 g/mol. The van der Waals surface area contributed by atoms with E-state index >= 15 is 0 Å². The molecule has 5 heteroatoms. The van der Waals surface area contributed by atoms with Crippen LogP contribution < -0.4 is 10.2 Å². The molecule has 2 aromatic carbocycles. The first-order valence-corrected chi connectivity index (χ1v) is 8.74. The fraction of sp³-hybridized carbons (Fsp3) is 0.190. The maximum Gasteiger partial charge on any atom is 0.270 e. The summed E-state index contributed by atoms with van der Waals surface area (Å²) in [4.78, 5) is 23.7. The number of para-hydroxylation sites is 1. The quantitative estimate of drug-likeness (QED) is 0.788. The number of benzene rings is 2. The van der Waals surface area contributed by atoms with Gasteiger partial charge in [0.1, 0.15) is 5.69 Å². The van der Waals surface area contributed by atoms with Gasteiger partial charge in [0.2, 0.25) is 5.95 Å². The van der Waals surface area contributed by atoms with Crippen molar-refractivity contribution in [3.63, 3.8) is 0 Å². The third kappa shape index (κ3) is 3.28. The fourth-order valence-corrected chi connectivity index (χ4v) is 3.20. The molecule has 1 amide bonds. The molecular weight excluding hydrogens is 324 g/mol. The van der Waals surface area contributed by atoms with Crippen LogP contribution in [0.4, 0.5) is 11.6 Å². The molecule has 0 bridgehead atoms. The number of fused-ring (bicyclic) bond motifs is 1. The minimum Gasteiger partial charge on any atom is -0.347 e. The molecule has 3 aromatic rings. The Labute approximate surface area is 152 Å². The van der Waals surface area contributed by atoms with E-state index in [0.29, 0.717) is 18.2 Å². The van der Waals surface area contributed by atoms with Gasteiger partial charge in [-0.15, -0.1) is 0 Å². The number of nitrogens with one attached hydrogen (secondary N) is 1. The third-order valence-electron chi connectivity index (χ3n) is 4.50. The molecule has 130 valence electrons. The van der Waals surface area contributed by atoms with Crippen molar-refractivity contribution in [3.05, 3.63) is 83.2 Å². The van der Waals surface area contributed by atoms with Gasteiger partial charge in [-0.1, -0.05) is 48.5 Å². The number of hydrogen-bond acceptors (Lipinski definition) is 4. The molecular formula is C21H20N4O. The zero-order chi connectivity index (χ0) is 17.9. The van der Waals surface area contributed by atoms with Crippen molar-refractivity contribution in [2.24, 2.45) is 0 Å². The van der Waals surface area contributed by atoms with E-state index in [2.05, 4.69) is 32.3 Å². The van der Waals surface area contributed by atoms with Crippen LogP contribution in [0.5, 0.6) is 0 Å². The molecule has 1 aliphatic heterocycles. The van der Waals surface area contributed by atoms with Crippen molar-refractivity contribution >= 4 is 17.5 Å². The second-order valence-corrected chi connectivity index (χ2v) is 6.39. The highest BCUT2D eigenvalue weighted by Crippen LogP contribution is 2.32. The normalized spacial score (nSPS) is 12.7. The van der Waals surface area contributed by atoms with Gasteiger partial charge in [-0.25, -0.2) is 9.97 Å². The standard InChI is InChI=1S/C21H20N4O/c1-15-13-18(20(26)22-14-16-7-3-2-4-8-16)24-21(23-15)25-12-11-17-9-5-6-10-19(17)25/h2-10,13H,11-12,14H2,1H3,(H,22,26). The van der Waals surface area contributed by atoms with Crippen LogP contribution in [0.15, 0.2) is 60.7 Å². The molecule has 0 saturated carbocycles. The minimum atomic E-state index is -0.187. The fourth-order valence-electron chi connectivity index (χ4n) is 3.20. The summed E-state index contributed by atoms with van der Waals surface area (Å²) >= 11 is 0. The van der Waals surface area contributed by atoms with Crippen LogP contribution in [0, 0.1) is 6.92 Å². The lowest BCUT2D eigenvalue weighted by molar-refractivity contribution is 0.0945. The maximum absolute atomic E-state index is 12.6. The van der Waals surface area contributed by atoms with Gasteiger partial charge in [-0.05, 0) is 36.6 Å². The average Bonchev–Trinajstić information content (AvgIpc) is 3.10. The van der Waals surface area contributed by atoms with E-state index in [1.807, 2.05) is 49.4 Å². The zero-order valence-electron chi connectivity index (χ0n) is 14.6. The number of carbonyl (C=O) groups excluding carboxylic acids is 1. The molecule has 1 N–H and O–H groups in total. The monoisotopic (exact) mass is 344 g/mol. The van der Waals surface area contributed by atoms with Crippen molar-refractivity contribution in [2.75, 3.05) is 11.4 Å². The number of anilines is 2. The molecule has 0 aliphatic carbocycles. The van der Waals surface area contributed by atoms with Crippen LogP contribution in [0.25, 0.3) is 0 Å². The minimum absolute atomic E-state index is 0.187. The Balaban J connectivity index is 1.56. The lowest BCUT2D eigenvalue weighted by atomic mass is 10.2. The second-order valence-electron chi connectivity index (χ2n) is 6.39. The van der Waals surface area contributed by atoms with E-state index in [1.54, 1.807) is 6.07 Å². The highest BCUT2D eigenvalue weighted by molar-refractivity contribution is 5.92. The summed E-state index contributed by atoms with van der Waals surface area (Å²) in [6.45, 7) is 3.19. The van der Waals surface area contributed by atoms with Crippen LogP contribution >= 0.6 is 0 Å². The van der Waals surface area contributed by atoms with E-state index in [0.717, 1.165) is 29.9 Å². The Morgan fingerprint density at radius 3 is 2.69 bits per heavy atom. The largest absolute Gasteiger partial charge is 0.347 e. The van der Waals surface area contributed by atoms with Crippen molar-refractivity contribution in [2.45, 2.75) is 19.9 Å². The van der Waals surface area contributed by atoms with Gasteiger partial charge in [0.15, 0.2) is 0 Å². The van der Waals surface area contributed by atoms with Gasteiger partial charge in [-0.2, -0.15) is 0 Å². The highest BCUT2D eigenvalue weighted by Gasteiger charge is 2.23. The number of carbonyl (C=O) groups is 1. The Morgan fingerprint density at radius 1 is 1.08 bits per heavy atom. The summed E-state index contributed by atoms with van der Waals surface area (Å²) in [5.74, 6) is 0.396. The van der Waals surface area contributed by atoms with Crippen LogP contribution in [-0.4, -0.2) is 22.4 Å². The molecule has 0 spiro atoms. The molecule has 0 fully saturated rings. The lowest BCUT2D eigenvalue weighted by Gasteiger charge is -2.18. The summed E-state index contributed by atoms with van der Waals surface area (Å²) in [6.07, 6.45) is 0.961. The molecule has 0 atom stereocenters. The Hall–Kier alpha value is -3.21. The summed E-state index contributed by atoms with van der Waals surface area (Å²) < 4.78 is 0. The smallest absolute Gasteiger partial charge is 0.270 e. The topological polar surface area (TPSA) is 58.1 Å². The van der Waals surface area contributed by atoms with E-state index in [4.69, 9.17) is 0 Å². The molecule has 1 aromatic heterocycles. The number of amides is 1. The van der Waals surface area contributed by atoms with E-state index in [1.165, 1.54) is 5.56 Å². The van der Waals surface area contributed by atoms with E-state index in [-0.39, 0.29) is 5.91 Å². The molecule has 0 radical (unpaired) electrons. The molecule has 0 unspecified atom stereocenters. The van der Waals surface area contributed by atoms with Gasteiger partial charge in [-0.3, -0.25) is 4.79 Å². The summed E-state index contributed by atoms with van der Waals surface area (Å²) in [5.41, 5.74) is 4.64. The van der Waals surface area contributed by atoms with Gasteiger partial charge < -0.3 is 10.2 Å². The molecule has 1 aliphatic rings. The van der Waals surface area contributed by atoms with Crippen LogP contribution in [0.3, 0.4) is 0 Å². The summed E-state index contributed by atoms with van der Waals surface area (Å²) in [7, 11) is 0. The van der Waals surface area contributed by atoms with Gasteiger partial charge in [0.05, 0.1) is 0 Å². The number of aromatic nitrogens is 2. The number of rotatable bonds is 4. The summed E-state index contributed by atoms with van der Waals surface area (Å²) in [6, 6.07) is 19.8. The number of nitrogens with zero attached hydrogens (tertiary/aromatic N) is 3. The van der Waals surface area contributed by atoms with Gasteiger partial charge in [0.25, 0.3) is 5.91 Å². The Bertz CT molecular complexity index is 940. The highest BCUT2D eigenvalue weighted by atomic mass is 16.1. The second kappa shape index (κ2) is 6.96. The number of aryl methyl sites for hydroxylation is 1. The number of hydrogen-bond donors (Lipinski definition) is 1. The summed E-state index contributed by atoms with van der Waals surface area (Å²) in [5, 5.41) is 2.93. The van der Waals surface area contributed by atoms with Crippen LogP contribution in [0.1, 0.15) is 27.3 Å². The van der Waals surface area contributed by atoms with E-state index < -0.39 is 0 Å². The third-order valence-corrected chi connectivity index (χ3v) is 4.50. The zero-order valence-corrected chi connectivity index (χ0v) is 14.6. The first-order valence-electron chi connectivity index (χ1n) is 8.74. The molecule has 4 rings (SSSR count). The van der Waals surface area contributed by atoms with Crippen molar-refractivity contribution in [1.29, 1.82) is 0 Å². The molecule has 2 heterocycles. The van der Waals surface area contributed by atoms with Gasteiger partial charge >= 0.3 is 0 Å². The van der Waals surface area contributed by atoms with Crippen molar-refractivity contribution in [3.8, 4) is 0 Å². The van der Waals surface area contributed by atoms with Crippen LogP contribution in [0.2, 0.25) is 0 Å². The Morgan fingerprint density at radius 2 is 1.85 bits per heavy atom. The van der Waals surface area contributed by atoms with Crippen LogP contribution in [-0.2, 0) is 13.0 Å². The maximum atomic E-state index is 12.6.